The van der Waals surface area contributed by atoms with Crippen LogP contribution in [0.3, 0.4) is 0 Å². The van der Waals surface area contributed by atoms with Crippen molar-refractivity contribution in [3.63, 3.8) is 0 Å². The molecule has 0 radical (unpaired) electrons. The SMILES string of the molecule is Cc1ccc(C(O)=C2C(=O)C(=O)N(Cc3cccnc3)[C@@H]2c2ccccc2F)cc1. The number of aryl methyl sites for hydroxylation is 1. The van der Waals surface area contributed by atoms with E-state index in [9.17, 15) is 19.1 Å². The fraction of sp³-hybridized carbons (Fsp3) is 0.125. The van der Waals surface area contributed by atoms with Gasteiger partial charge in [-0.25, -0.2) is 4.39 Å². The van der Waals surface area contributed by atoms with E-state index in [1.165, 1.54) is 23.1 Å². The van der Waals surface area contributed by atoms with Crippen LogP contribution in [0.4, 0.5) is 4.39 Å². The number of halogens is 1. The molecule has 1 amide bonds. The number of carbonyl (C=O) groups is 2. The van der Waals surface area contributed by atoms with Crippen molar-refractivity contribution in [3.05, 3.63) is 107 Å². The Labute approximate surface area is 173 Å². The highest BCUT2D eigenvalue weighted by Gasteiger charge is 2.46. The molecule has 1 atom stereocenters. The molecule has 5 nitrogen and oxygen atoms in total. The van der Waals surface area contributed by atoms with E-state index in [0.29, 0.717) is 11.1 Å². The second kappa shape index (κ2) is 7.91. The minimum atomic E-state index is -1.05. The van der Waals surface area contributed by atoms with Crippen molar-refractivity contribution in [1.29, 1.82) is 0 Å². The molecule has 0 unspecified atom stereocenters. The Bertz CT molecular complexity index is 1140. The molecule has 2 heterocycles. The molecule has 0 bridgehead atoms. The molecule has 1 aliphatic heterocycles. The number of benzene rings is 2. The normalized spacial score (nSPS) is 18.1. The van der Waals surface area contributed by atoms with Gasteiger partial charge in [0.25, 0.3) is 11.7 Å². The van der Waals surface area contributed by atoms with Crippen molar-refractivity contribution in [1.82, 2.24) is 9.88 Å². The molecule has 1 aromatic heterocycles. The van der Waals surface area contributed by atoms with Crippen molar-refractivity contribution in [2.75, 3.05) is 0 Å². The lowest BCUT2D eigenvalue weighted by Crippen LogP contribution is -2.29. The van der Waals surface area contributed by atoms with Gasteiger partial charge in [0.1, 0.15) is 11.6 Å². The number of hydrogen-bond acceptors (Lipinski definition) is 4. The predicted octanol–water partition coefficient (Wildman–Crippen LogP) is 4.15. The predicted molar refractivity (Wildman–Crippen MR) is 110 cm³/mol. The van der Waals surface area contributed by atoms with Gasteiger partial charge in [-0.3, -0.25) is 14.6 Å². The Morgan fingerprint density at radius 3 is 2.47 bits per heavy atom. The summed E-state index contributed by atoms with van der Waals surface area (Å²) in [6.07, 6.45) is 3.18. The number of Topliss-reactive ketones (excluding diaryl/α,β-unsaturated/α-hetero) is 1. The summed E-state index contributed by atoms with van der Waals surface area (Å²) >= 11 is 0. The zero-order valence-electron chi connectivity index (χ0n) is 16.2. The molecule has 0 spiro atoms. The van der Waals surface area contributed by atoms with Crippen LogP contribution < -0.4 is 0 Å². The number of ketones is 1. The number of pyridine rings is 1. The Kier molecular flexibility index (Phi) is 5.14. The first-order valence-corrected chi connectivity index (χ1v) is 9.46. The monoisotopic (exact) mass is 402 g/mol. The molecule has 30 heavy (non-hydrogen) atoms. The Morgan fingerprint density at radius 1 is 1.07 bits per heavy atom. The third-order valence-electron chi connectivity index (χ3n) is 5.14. The molecule has 1 N–H and O–H groups in total. The molecule has 2 aromatic carbocycles. The van der Waals surface area contributed by atoms with Crippen LogP contribution in [0.5, 0.6) is 0 Å². The van der Waals surface area contributed by atoms with Crippen LogP contribution in [-0.4, -0.2) is 26.7 Å². The summed E-state index contributed by atoms with van der Waals surface area (Å²) in [7, 11) is 0. The van der Waals surface area contributed by atoms with Gasteiger partial charge < -0.3 is 10.0 Å². The number of amides is 1. The highest BCUT2D eigenvalue weighted by atomic mass is 19.1. The van der Waals surface area contributed by atoms with Gasteiger partial charge in [-0.2, -0.15) is 0 Å². The largest absolute Gasteiger partial charge is 0.507 e. The smallest absolute Gasteiger partial charge is 0.295 e. The first kappa shape index (κ1) is 19.5. The van der Waals surface area contributed by atoms with Crippen molar-refractivity contribution in [3.8, 4) is 0 Å². The summed E-state index contributed by atoms with van der Waals surface area (Å²) < 4.78 is 14.7. The van der Waals surface area contributed by atoms with Gasteiger partial charge in [0.05, 0.1) is 11.6 Å². The first-order valence-electron chi connectivity index (χ1n) is 9.46. The third kappa shape index (κ3) is 3.48. The fourth-order valence-corrected chi connectivity index (χ4v) is 3.62. The molecular formula is C24H19FN2O3. The minimum Gasteiger partial charge on any atom is -0.507 e. The van der Waals surface area contributed by atoms with Gasteiger partial charge in [-0.15, -0.1) is 0 Å². The lowest BCUT2D eigenvalue weighted by atomic mass is 9.94. The molecule has 1 fully saturated rings. The number of nitrogens with zero attached hydrogens (tertiary/aromatic N) is 2. The number of likely N-dealkylation sites (tertiary alicyclic amines) is 1. The topological polar surface area (TPSA) is 70.5 Å². The van der Waals surface area contributed by atoms with Crippen LogP contribution in [-0.2, 0) is 16.1 Å². The van der Waals surface area contributed by atoms with E-state index >= 15 is 0 Å². The number of aliphatic hydroxyl groups is 1. The molecule has 1 saturated heterocycles. The van der Waals surface area contributed by atoms with Gasteiger partial charge in [-0.1, -0.05) is 54.1 Å². The summed E-state index contributed by atoms with van der Waals surface area (Å²) in [5, 5.41) is 11.0. The van der Waals surface area contributed by atoms with E-state index < -0.39 is 23.5 Å². The minimum absolute atomic E-state index is 0.0576. The molecule has 0 aliphatic carbocycles. The van der Waals surface area contributed by atoms with Crippen LogP contribution in [0.2, 0.25) is 0 Å². The lowest BCUT2D eigenvalue weighted by Gasteiger charge is -2.25. The highest BCUT2D eigenvalue weighted by molar-refractivity contribution is 6.46. The van der Waals surface area contributed by atoms with E-state index in [2.05, 4.69) is 4.98 Å². The van der Waals surface area contributed by atoms with Gasteiger partial charge in [-0.05, 0) is 24.6 Å². The maximum Gasteiger partial charge on any atom is 0.295 e. The van der Waals surface area contributed by atoms with Crippen molar-refractivity contribution in [2.45, 2.75) is 19.5 Å². The third-order valence-corrected chi connectivity index (χ3v) is 5.14. The van der Waals surface area contributed by atoms with Gasteiger partial charge in [0, 0.05) is 30.1 Å². The molecule has 3 aromatic rings. The van der Waals surface area contributed by atoms with Crippen LogP contribution in [0.25, 0.3) is 5.76 Å². The zero-order chi connectivity index (χ0) is 21.3. The summed E-state index contributed by atoms with van der Waals surface area (Å²) in [5.41, 5.74) is 2.08. The lowest BCUT2D eigenvalue weighted by molar-refractivity contribution is -0.140. The summed E-state index contributed by atoms with van der Waals surface area (Å²) in [6.45, 7) is 1.96. The van der Waals surface area contributed by atoms with Crippen LogP contribution in [0, 0.1) is 12.7 Å². The van der Waals surface area contributed by atoms with Gasteiger partial charge in [0.2, 0.25) is 0 Å². The molecule has 4 rings (SSSR count). The Hall–Kier alpha value is -3.80. The van der Waals surface area contributed by atoms with E-state index in [-0.39, 0.29) is 23.4 Å². The van der Waals surface area contributed by atoms with Crippen molar-refractivity contribution >= 4 is 17.4 Å². The second-order valence-corrected chi connectivity index (χ2v) is 7.18. The Morgan fingerprint density at radius 2 is 1.80 bits per heavy atom. The molecular weight excluding hydrogens is 383 g/mol. The quantitative estimate of drug-likeness (QED) is 0.404. The van der Waals surface area contributed by atoms with E-state index in [0.717, 1.165) is 5.56 Å². The maximum atomic E-state index is 14.7. The maximum absolute atomic E-state index is 14.7. The average Bonchev–Trinajstić information content (AvgIpc) is 3.00. The second-order valence-electron chi connectivity index (χ2n) is 7.18. The van der Waals surface area contributed by atoms with Crippen LogP contribution >= 0.6 is 0 Å². The van der Waals surface area contributed by atoms with Gasteiger partial charge in [0.15, 0.2) is 0 Å². The molecule has 6 heteroatoms. The number of rotatable bonds is 4. The number of aromatic nitrogens is 1. The molecule has 1 aliphatic rings. The van der Waals surface area contributed by atoms with Crippen LogP contribution in [0.15, 0.2) is 78.6 Å². The molecule has 150 valence electrons. The van der Waals surface area contributed by atoms with E-state index in [1.54, 1.807) is 54.9 Å². The number of carbonyl (C=O) groups excluding carboxylic acids is 2. The number of aliphatic hydroxyl groups excluding tert-OH is 1. The standard InChI is InChI=1S/C24H19FN2O3/c1-15-8-10-17(11-9-15)22(28)20-21(18-6-2-3-7-19(18)25)27(24(30)23(20)29)14-16-5-4-12-26-13-16/h2-13,21,28H,14H2,1H3/t21-/m1/s1. The zero-order valence-corrected chi connectivity index (χ0v) is 16.2. The van der Waals surface area contributed by atoms with Crippen molar-refractivity contribution in [2.24, 2.45) is 0 Å². The van der Waals surface area contributed by atoms with Gasteiger partial charge >= 0.3 is 0 Å². The number of hydrogen-bond donors (Lipinski definition) is 1. The van der Waals surface area contributed by atoms with E-state index in [1.807, 2.05) is 6.92 Å². The van der Waals surface area contributed by atoms with E-state index in [4.69, 9.17) is 0 Å². The summed E-state index contributed by atoms with van der Waals surface area (Å²) in [6, 6.07) is 15.3. The van der Waals surface area contributed by atoms with Crippen molar-refractivity contribution < 1.29 is 19.1 Å². The molecule has 0 saturated carbocycles. The first-order chi connectivity index (χ1) is 14.5. The fourth-order valence-electron chi connectivity index (χ4n) is 3.62. The van der Waals surface area contributed by atoms with Crippen LogP contribution in [0.1, 0.15) is 28.3 Å². The summed E-state index contributed by atoms with van der Waals surface area (Å²) in [5.74, 6) is -2.52. The Balaban J connectivity index is 1.88. The summed E-state index contributed by atoms with van der Waals surface area (Å²) in [4.78, 5) is 31.1. The highest BCUT2D eigenvalue weighted by Crippen LogP contribution is 2.41. The average molecular weight is 402 g/mol.